The molecule has 1 aromatic heterocycles. The molecule has 0 unspecified atom stereocenters. The number of halogens is 1. The Morgan fingerprint density at radius 3 is 2.61 bits per heavy atom. The normalized spacial score (nSPS) is 12.0. The highest BCUT2D eigenvalue weighted by Gasteiger charge is 2.20. The molecule has 0 saturated carbocycles. The van der Waals surface area contributed by atoms with Crippen LogP contribution in [0.2, 0.25) is 0 Å². The third kappa shape index (κ3) is 4.61. The van der Waals surface area contributed by atoms with Crippen molar-refractivity contribution in [3.8, 4) is 17.1 Å². The van der Waals surface area contributed by atoms with Crippen LogP contribution < -0.4 is 10.1 Å². The number of nitrogens with zero attached hydrogens (tertiary/aromatic N) is 2. The highest BCUT2D eigenvalue weighted by Crippen LogP contribution is 2.27. The van der Waals surface area contributed by atoms with Crippen LogP contribution in [-0.4, -0.2) is 43.7 Å². The van der Waals surface area contributed by atoms with E-state index in [0.717, 1.165) is 21.3 Å². The van der Waals surface area contributed by atoms with Gasteiger partial charge >= 0.3 is 0 Å². The lowest BCUT2D eigenvalue weighted by atomic mass is 10.0. The largest absolute Gasteiger partial charge is 0.496 e. The van der Waals surface area contributed by atoms with Crippen LogP contribution in [0.4, 0.5) is 0 Å². The second kappa shape index (κ2) is 9.03. The van der Waals surface area contributed by atoms with Gasteiger partial charge in [0.15, 0.2) is 11.5 Å². The smallest absolute Gasteiger partial charge is 0.273 e. The Hall–Kier alpha value is -2.64. The van der Waals surface area contributed by atoms with Crippen molar-refractivity contribution in [2.45, 2.75) is 6.04 Å². The second-order valence-corrected chi connectivity index (χ2v) is 7.43. The molecule has 1 heterocycles. The van der Waals surface area contributed by atoms with Crippen molar-refractivity contribution in [3.63, 3.8) is 0 Å². The van der Waals surface area contributed by atoms with Gasteiger partial charge in [-0.05, 0) is 32.3 Å². The molecule has 6 nitrogen and oxygen atoms in total. The lowest BCUT2D eigenvalue weighted by molar-refractivity contribution is 0.0932. The molecule has 146 valence electrons. The van der Waals surface area contributed by atoms with E-state index in [1.165, 1.54) is 0 Å². The number of carbonyl (C=O) groups is 1. The van der Waals surface area contributed by atoms with Crippen LogP contribution in [0.3, 0.4) is 0 Å². The van der Waals surface area contributed by atoms with E-state index in [-0.39, 0.29) is 17.6 Å². The van der Waals surface area contributed by atoms with Crippen LogP contribution in [0.5, 0.6) is 5.75 Å². The zero-order valence-electron chi connectivity index (χ0n) is 16.0. The molecule has 0 spiro atoms. The van der Waals surface area contributed by atoms with E-state index in [4.69, 9.17) is 9.26 Å². The average molecular weight is 444 g/mol. The van der Waals surface area contributed by atoms with E-state index in [0.29, 0.717) is 12.3 Å². The van der Waals surface area contributed by atoms with Crippen LogP contribution in [0.15, 0.2) is 63.6 Å². The highest BCUT2D eigenvalue weighted by molar-refractivity contribution is 9.10. The minimum atomic E-state index is -0.283. The standard InChI is InChI=1S/C21H22BrN3O3/c1-25(2)18(16-6-4-5-7-19(16)27-3)13-23-21(26)17-12-20(28-24-17)14-8-10-15(22)11-9-14/h4-12,18H,13H2,1-3H3,(H,23,26)/t18-/m0/s1. The topological polar surface area (TPSA) is 67.6 Å². The Morgan fingerprint density at radius 2 is 1.93 bits per heavy atom. The number of rotatable bonds is 7. The van der Waals surface area contributed by atoms with Gasteiger partial charge in [0.05, 0.1) is 13.2 Å². The molecule has 0 aliphatic rings. The van der Waals surface area contributed by atoms with Crippen molar-refractivity contribution in [1.29, 1.82) is 0 Å². The zero-order chi connectivity index (χ0) is 20.1. The molecule has 28 heavy (non-hydrogen) atoms. The van der Waals surface area contributed by atoms with Gasteiger partial charge in [0, 0.05) is 28.2 Å². The molecule has 0 radical (unpaired) electrons. The first kappa shape index (κ1) is 20.1. The fourth-order valence-corrected chi connectivity index (χ4v) is 3.19. The molecule has 1 atom stereocenters. The van der Waals surface area contributed by atoms with Crippen molar-refractivity contribution in [1.82, 2.24) is 15.4 Å². The average Bonchev–Trinajstić information content (AvgIpc) is 3.19. The number of hydrogen-bond donors (Lipinski definition) is 1. The molecule has 1 amide bonds. The Balaban J connectivity index is 1.71. The number of carbonyl (C=O) groups excluding carboxylic acids is 1. The van der Waals surface area contributed by atoms with E-state index >= 15 is 0 Å². The van der Waals surface area contributed by atoms with Crippen LogP contribution >= 0.6 is 15.9 Å². The van der Waals surface area contributed by atoms with Gasteiger partial charge in [-0.25, -0.2) is 0 Å². The van der Waals surface area contributed by atoms with E-state index in [1.54, 1.807) is 13.2 Å². The van der Waals surface area contributed by atoms with Crippen LogP contribution in [0.1, 0.15) is 22.1 Å². The number of likely N-dealkylation sites (N-methyl/N-ethyl adjacent to an activating group) is 1. The van der Waals surface area contributed by atoms with E-state index < -0.39 is 0 Å². The summed E-state index contributed by atoms with van der Waals surface area (Å²) in [6, 6.07) is 17.0. The van der Waals surface area contributed by atoms with Gasteiger partial charge in [-0.3, -0.25) is 4.79 Å². The maximum atomic E-state index is 12.6. The van der Waals surface area contributed by atoms with Gasteiger partial charge in [0.1, 0.15) is 5.75 Å². The molecule has 0 aliphatic carbocycles. The second-order valence-electron chi connectivity index (χ2n) is 6.51. The number of benzene rings is 2. The summed E-state index contributed by atoms with van der Waals surface area (Å²) in [5, 5.41) is 6.85. The summed E-state index contributed by atoms with van der Waals surface area (Å²) in [6.45, 7) is 0.409. The number of nitrogens with one attached hydrogen (secondary N) is 1. The molecule has 0 saturated heterocycles. The third-order valence-electron chi connectivity index (χ3n) is 4.45. The van der Waals surface area contributed by atoms with Crippen LogP contribution in [0, 0.1) is 0 Å². The van der Waals surface area contributed by atoms with E-state index in [2.05, 4.69) is 26.4 Å². The summed E-state index contributed by atoms with van der Waals surface area (Å²) < 4.78 is 11.8. The fourth-order valence-electron chi connectivity index (χ4n) is 2.92. The van der Waals surface area contributed by atoms with Crippen LogP contribution in [-0.2, 0) is 0 Å². The minimum absolute atomic E-state index is 0.0436. The predicted octanol–water partition coefficient (Wildman–Crippen LogP) is 4.15. The molecule has 3 aromatic rings. The van der Waals surface area contributed by atoms with Crippen molar-refractivity contribution < 1.29 is 14.1 Å². The molecule has 0 bridgehead atoms. The molecular weight excluding hydrogens is 422 g/mol. The Bertz CT molecular complexity index is 938. The summed E-state index contributed by atoms with van der Waals surface area (Å²) in [5.41, 5.74) is 2.11. The SMILES string of the molecule is COc1ccccc1[C@H](CNC(=O)c1cc(-c2ccc(Br)cc2)on1)N(C)C. The third-order valence-corrected chi connectivity index (χ3v) is 4.98. The number of methoxy groups -OCH3 is 1. The molecule has 0 aliphatic heterocycles. The highest BCUT2D eigenvalue weighted by atomic mass is 79.9. The summed E-state index contributed by atoms with van der Waals surface area (Å²) in [4.78, 5) is 14.6. The molecule has 3 rings (SSSR count). The Kier molecular flexibility index (Phi) is 6.49. The van der Waals surface area contributed by atoms with E-state index in [9.17, 15) is 4.79 Å². The first-order valence-corrected chi connectivity index (χ1v) is 9.59. The maximum absolute atomic E-state index is 12.6. The zero-order valence-corrected chi connectivity index (χ0v) is 17.6. The summed E-state index contributed by atoms with van der Waals surface area (Å²) in [6.07, 6.45) is 0. The predicted molar refractivity (Wildman–Crippen MR) is 111 cm³/mol. The van der Waals surface area contributed by atoms with Crippen molar-refractivity contribution in [2.24, 2.45) is 0 Å². The van der Waals surface area contributed by atoms with Crippen molar-refractivity contribution in [2.75, 3.05) is 27.7 Å². The summed E-state index contributed by atoms with van der Waals surface area (Å²) in [7, 11) is 5.57. The Morgan fingerprint density at radius 1 is 1.21 bits per heavy atom. The number of amides is 1. The van der Waals surface area contributed by atoms with Gasteiger partial charge in [0.2, 0.25) is 0 Å². The summed E-state index contributed by atoms with van der Waals surface area (Å²) in [5.74, 6) is 1.05. The van der Waals surface area contributed by atoms with Crippen LogP contribution in [0.25, 0.3) is 11.3 Å². The Labute approximate surface area is 172 Å². The van der Waals surface area contributed by atoms with Gasteiger partial charge in [-0.2, -0.15) is 0 Å². The minimum Gasteiger partial charge on any atom is -0.496 e. The quantitative estimate of drug-likeness (QED) is 0.593. The molecule has 7 heteroatoms. The first-order valence-electron chi connectivity index (χ1n) is 8.79. The monoisotopic (exact) mass is 443 g/mol. The molecule has 1 N–H and O–H groups in total. The van der Waals surface area contributed by atoms with Crippen molar-refractivity contribution in [3.05, 3.63) is 70.3 Å². The number of aromatic nitrogens is 1. The van der Waals surface area contributed by atoms with Gasteiger partial charge in [-0.15, -0.1) is 0 Å². The van der Waals surface area contributed by atoms with Gasteiger partial charge in [0.25, 0.3) is 5.91 Å². The molecular formula is C21H22BrN3O3. The molecule has 0 fully saturated rings. The first-order chi connectivity index (χ1) is 13.5. The number of para-hydroxylation sites is 1. The molecule has 2 aromatic carbocycles. The lowest BCUT2D eigenvalue weighted by Crippen LogP contribution is -2.34. The van der Waals surface area contributed by atoms with Crippen molar-refractivity contribution >= 4 is 21.8 Å². The number of ether oxygens (including phenoxy) is 1. The van der Waals surface area contributed by atoms with Gasteiger partial charge in [-0.1, -0.05) is 51.4 Å². The number of hydrogen-bond acceptors (Lipinski definition) is 5. The fraction of sp³-hybridized carbons (Fsp3) is 0.238. The maximum Gasteiger partial charge on any atom is 0.273 e. The van der Waals surface area contributed by atoms with Gasteiger partial charge < -0.3 is 19.5 Å². The summed E-state index contributed by atoms with van der Waals surface area (Å²) >= 11 is 3.40. The van der Waals surface area contributed by atoms with E-state index in [1.807, 2.05) is 67.5 Å². The lowest BCUT2D eigenvalue weighted by Gasteiger charge is -2.26.